The molecule has 3 aromatic rings. The Morgan fingerprint density at radius 2 is 1.88 bits per heavy atom. The minimum atomic E-state index is -3.98. The number of ketones is 1. The molecule has 0 radical (unpaired) electrons. The number of aromatic nitrogens is 2. The van der Waals surface area contributed by atoms with Crippen molar-refractivity contribution in [1.29, 1.82) is 0 Å². The third-order valence-electron chi connectivity index (χ3n) is 3.86. The maximum absolute atomic E-state index is 12.7. The van der Waals surface area contributed by atoms with Crippen LogP contribution in [0.2, 0.25) is 0 Å². The van der Waals surface area contributed by atoms with Gasteiger partial charge in [-0.05, 0) is 24.1 Å². The second-order valence-electron chi connectivity index (χ2n) is 5.89. The maximum Gasteiger partial charge on any atom is 0.238 e. The molecular formula is C17H17N3O3S. The van der Waals surface area contributed by atoms with Crippen molar-refractivity contribution in [2.45, 2.75) is 24.7 Å². The highest BCUT2D eigenvalue weighted by Gasteiger charge is 2.20. The van der Waals surface area contributed by atoms with E-state index in [2.05, 4.69) is 10.2 Å². The molecule has 6 nitrogen and oxygen atoms in total. The first-order valence-corrected chi connectivity index (χ1v) is 8.98. The van der Waals surface area contributed by atoms with E-state index in [1.807, 2.05) is 19.9 Å². The Kier molecular flexibility index (Phi) is 3.98. The van der Waals surface area contributed by atoms with E-state index in [0.717, 1.165) is 11.1 Å². The fraction of sp³-hybridized carbons (Fsp3) is 0.176. The molecule has 1 heterocycles. The lowest BCUT2D eigenvalue weighted by Crippen LogP contribution is -2.17. The molecule has 1 aromatic heterocycles. The van der Waals surface area contributed by atoms with Crippen LogP contribution in [0.3, 0.4) is 0 Å². The molecule has 3 N–H and O–H groups in total. The summed E-state index contributed by atoms with van der Waals surface area (Å²) < 4.78 is 23.4. The highest BCUT2D eigenvalue weighted by Crippen LogP contribution is 2.25. The summed E-state index contributed by atoms with van der Waals surface area (Å²) in [7, 11) is -3.98. The third kappa shape index (κ3) is 2.83. The minimum Gasteiger partial charge on any atom is -0.289 e. The monoisotopic (exact) mass is 343 g/mol. The molecule has 2 aromatic carbocycles. The first kappa shape index (κ1) is 16.4. The van der Waals surface area contributed by atoms with Gasteiger partial charge in [0.15, 0.2) is 5.78 Å². The molecule has 24 heavy (non-hydrogen) atoms. The molecule has 0 unspecified atom stereocenters. The van der Waals surface area contributed by atoms with E-state index < -0.39 is 15.8 Å². The SMILES string of the molecule is CC(C)c1[nH]nc2cc(C(=O)c3ccccc3S(N)(=O)=O)ccc12. The number of aromatic amines is 1. The largest absolute Gasteiger partial charge is 0.289 e. The lowest BCUT2D eigenvalue weighted by molar-refractivity contribution is 0.103. The molecular weight excluding hydrogens is 326 g/mol. The summed E-state index contributed by atoms with van der Waals surface area (Å²) in [6, 6.07) is 11.1. The number of rotatable bonds is 4. The van der Waals surface area contributed by atoms with Crippen molar-refractivity contribution in [3.05, 3.63) is 59.3 Å². The van der Waals surface area contributed by atoms with Crippen molar-refractivity contribution in [2.24, 2.45) is 5.14 Å². The van der Waals surface area contributed by atoms with Gasteiger partial charge in [0.05, 0.1) is 10.4 Å². The van der Waals surface area contributed by atoms with Gasteiger partial charge in [0.2, 0.25) is 10.0 Å². The normalized spacial score (nSPS) is 12.0. The Morgan fingerprint density at radius 3 is 2.54 bits per heavy atom. The van der Waals surface area contributed by atoms with Crippen molar-refractivity contribution in [3.8, 4) is 0 Å². The summed E-state index contributed by atoms with van der Waals surface area (Å²) in [6.07, 6.45) is 0. The van der Waals surface area contributed by atoms with Crippen LogP contribution in [-0.4, -0.2) is 24.4 Å². The zero-order valence-corrected chi connectivity index (χ0v) is 14.1. The molecule has 0 spiro atoms. The number of nitrogens with one attached hydrogen (secondary N) is 1. The van der Waals surface area contributed by atoms with Crippen LogP contribution in [0.25, 0.3) is 10.9 Å². The molecule has 0 aliphatic carbocycles. The Hall–Kier alpha value is -2.51. The smallest absolute Gasteiger partial charge is 0.238 e. The Morgan fingerprint density at radius 1 is 1.17 bits per heavy atom. The second kappa shape index (κ2) is 5.85. The summed E-state index contributed by atoms with van der Waals surface area (Å²) in [5.41, 5.74) is 2.07. The summed E-state index contributed by atoms with van der Waals surface area (Å²) in [5, 5.41) is 13.4. The van der Waals surface area contributed by atoms with Gasteiger partial charge < -0.3 is 0 Å². The van der Waals surface area contributed by atoms with Crippen molar-refractivity contribution in [1.82, 2.24) is 10.2 Å². The Balaban J connectivity index is 2.11. The average Bonchev–Trinajstić information content (AvgIpc) is 2.96. The van der Waals surface area contributed by atoms with E-state index in [1.54, 1.807) is 18.2 Å². The highest BCUT2D eigenvalue weighted by molar-refractivity contribution is 7.89. The molecule has 0 atom stereocenters. The molecule has 0 saturated carbocycles. The van der Waals surface area contributed by atoms with Crippen LogP contribution in [0.4, 0.5) is 0 Å². The highest BCUT2D eigenvalue weighted by atomic mass is 32.2. The molecule has 0 amide bonds. The molecule has 124 valence electrons. The molecule has 0 saturated heterocycles. The lowest BCUT2D eigenvalue weighted by atomic mass is 10.00. The van der Waals surface area contributed by atoms with Gasteiger partial charge in [-0.3, -0.25) is 9.89 Å². The van der Waals surface area contributed by atoms with Crippen LogP contribution in [0.5, 0.6) is 0 Å². The Labute approximate surface area is 139 Å². The molecule has 0 fully saturated rings. The van der Waals surface area contributed by atoms with Gasteiger partial charge in [-0.15, -0.1) is 0 Å². The van der Waals surface area contributed by atoms with E-state index in [1.165, 1.54) is 18.2 Å². The number of primary sulfonamides is 1. The van der Waals surface area contributed by atoms with Gasteiger partial charge >= 0.3 is 0 Å². The summed E-state index contributed by atoms with van der Waals surface area (Å²) in [6.45, 7) is 4.10. The van der Waals surface area contributed by atoms with Gasteiger partial charge in [0.25, 0.3) is 0 Å². The molecule has 7 heteroatoms. The van der Waals surface area contributed by atoms with Crippen molar-refractivity contribution >= 4 is 26.7 Å². The maximum atomic E-state index is 12.7. The van der Waals surface area contributed by atoms with E-state index in [9.17, 15) is 13.2 Å². The predicted molar refractivity (Wildman–Crippen MR) is 91.4 cm³/mol. The second-order valence-corrected chi connectivity index (χ2v) is 7.42. The summed E-state index contributed by atoms with van der Waals surface area (Å²) in [4.78, 5) is 12.6. The number of carbonyl (C=O) groups is 1. The van der Waals surface area contributed by atoms with Crippen LogP contribution < -0.4 is 5.14 Å². The topological polar surface area (TPSA) is 106 Å². The van der Waals surface area contributed by atoms with Crippen molar-refractivity contribution in [2.75, 3.05) is 0 Å². The van der Waals surface area contributed by atoms with Gasteiger partial charge in [-0.25, -0.2) is 13.6 Å². The van der Waals surface area contributed by atoms with E-state index in [0.29, 0.717) is 11.1 Å². The number of hydrogen-bond acceptors (Lipinski definition) is 4. The minimum absolute atomic E-state index is 0.0546. The first-order chi connectivity index (χ1) is 11.3. The Bertz CT molecular complexity index is 1040. The summed E-state index contributed by atoms with van der Waals surface area (Å²) >= 11 is 0. The fourth-order valence-electron chi connectivity index (χ4n) is 2.67. The van der Waals surface area contributed by atoms with Gasteiger partial charge in [-0.1, -0.05) is 38.1 Å². The van der Waals surface area contributed by atoms with Crippen molar-refractivity contribution < 1.29 is 13.2 Å². The number of nitrogens with two attached hydrogens (primary N) is 1. The zero-order valence-electron chi connectivity index (χ0n) is 13.3. The van der Waals surface area contributed by atoms with Crippen LogP contribution in [0, 0.1) is 0 Å². The molecule has 3 rings (SSSR count). The quantitative estimate of drug-likeness (QED) is 0.710. The number of H-pyrrole nitrogens is 1. The van der Waals surface area contributed by atoms with E-state index >= 15 is 0 Å². The number of carbonyl (C=O) groups excluding carboxylic acids is 1. The average molecular weight is 343 g/mol. The number of benzene rings is 2. The van der Waals surface area contributed by atoms with Crippen LogP contribution >= 0.6 is 0 Å². The zero-order chi connectivity index (χ0) is 17.5. The van der Waals surface area contributed by atoms with E-state index in [4.69, 9.17) is 5.14 Å². The van der Waals surface area contributed by atoms with Gasteiger partial charge in [0.1, 0.15) is 0 Å². The molecule has 0 aliphatic rings. The number of sulfonamides is 1. The van der Waals surface area contributed by atoms with Crippen molar-refractivity contribution in [3.63, 3.8) is 0 Å². The predicted octanol–water partition coefficient (Wildman–Crippen LogP) is 2.56. The lowest BCUT2D eigenvalue weighted by Gasteiger charge is -2.07. The van der Waals surface area contributed by atoms with Crippen LogP contribution in [-0.2, 0) is 10.0 Å². The molecule has 0 aliphatic heterocycles. The van der Waals surface area contributed by atoms with E-state index in [-0.39, 0.29) is 16.4 Å². The first-order valence-electron chi connectivity index (χ1n) is 7.43. The number of hydrogen-bond donors (Lipinski definition) is 2. The fourth-order valence-corrected chi connectivity index (χ4v) is 3.41. The number of fused-ring (bicyclic) bond motifs is 1. The van der Waals surface area contributed by atoms with Gasteiger partial charge in [-0.2, -0.15) is 5.10 Å². The van der Waals surface area contributed by atoms with Gasteiger partial charge in [0, 0.05) is 22.2 Å². The van der Waals surface area contributed by atoms with Crippen LogP contribution in [0.1, 0.15) is 41.4 Å². The number of nitrogens with zero attached hydrogens (tertiary/aromatic N) is 1. The summed E-state index contributed by atoms with van der Waals surface area (Å²) in [5.74, 6) is -0.129. The standard InChI is InChI=1S/C17H17N3O3S/c1-10(2)16-12-8-7-11(9-14(12)19-20-16)17(21)13-5-3-4-6-15(13)24(18,22)23/h3-10H,1-2H3,(H,19,20)(H2,18,22,23). The molecule has 0 bridgehead atoms. The third-order valence-corrected chi connectivity index (χ3v) is 4.83. The van der Waals surface area contributed by atoms with Crippen LogP contribution in [0.15, 0.2) is 47.4 Å².